The van der Waals surface area contributed by atoms with Gasteiger partial charge < -0.3 is 9.47 Å². The molecule has 1 atom stereocenters. The summed E-state index contributed by atoms with van der Waals surface area (Å²) < 4.78 is 9.76. The summed E-state index contributed by atoms with van der Waals surface area (Å²) in [5, 5.41) is 0. The van der Waals surface area contributed by atoms with E-state index >= 15 is 0 Å². The summed E-state index contributed by atoms with van der Waals surface area (Å²) in [5.74, 6) is -1.41. The Morgan fingerprint density at radius 2 is 1.84 bits per heavy atom. The van der Waals surface area contributed by atoms with Crippen LogP contribution in [-0.2, 0) is 23.9 Å². The number of hydrogen-bond acceptors (Lipinski definition) is 5. The lowest BCUT2D eigenvalue weighted by Crippen LogP contribution is -2.39. The summed E-state index contributed by atoms with van der Waals surface area (Å²) in [7, 11) is 0. The number of ketones is 1. The Morgan fingerprint density at radius 1 is 1.16 bits per heavy atom. The second-order valence-corrected chi connectivity index (χ2v) is 4.08. The molecule has 0 aliphatic heterocycles. The molecule has 1 aliphatic rings. The number of allylic oxidation sites excluding steroid dienone is 3. The SMILES string of the molecule is CCOC(=O)CCC1(C(=O)OCC)C=CC=CC1=O. The molecule has 104 valence electrons. The third-order valence-electron chi connectivity index (χ3n) is 2.85. The van der Waals surface area contributed by atoms with Gasteiger partial charge in [-0.15, -0.1) is 0 Å². The highest BCUT2D eigenvalue weighted by Gasteiger charge is 2.44. The van der Waals surface area contributed by atoms with Gasteiger partial charge in [0, 0.05) is 6.42 Å². The van der Waals surface area contributed by atoms with Gasteiger partial charge in [-0.2, -0.15) is 0 Å². The lowest BCUT2D eigenvalue weighted by Gasteiger charge is -2.26. The number of carbonyl (C=O) groups is 3. The Labute approximate surface area is 112 Å². The quantitative estimate of drug-likeness (QED) is 0.539. The van der Waals surface area contributed by atoms with E-state index in [2.05, 4.69) is 0 Å². The number of ether oxygens (including phenoxy) is 2. The number of rotatable bonds is 6. The van der Waals surface area contributed by atoms with Crippen molar-refractivity contribution in [2.45, 2.75) is 26.7 Å². The molecular formula is C14H18O5. The normalized spacial score (nSPS) is 21.3. The fourth-order valence-corrected chi connectivity index (χ4v) is 1.86. The Balaban J connectivity index is 2.85. The third kappa shape index (κ3) is 3.53. The molecule has 19 heavy (non-hydrogen) atoms. The van der Waals surface area contributed by atoms with Gasteiger partial charge in [0.2, 0.25) is 0 Å². The predicted octanol–water partition coefficient (Wildman–Crippen LogP) is 1.57. The molecule has 0 spiro atoms. The van der Waals surface area contributed by atoms with Gasteiger partial charge >= 0.3 is 11.9 Å². The largest absolute Gasteiger partial charge is 0.466 e. The molecule has 0 heterocycles. The van der Waals surface area contributed by atoms with Crippen LogP contribution in [0.25, 0.3) is 0 Å². The van der Waals surface area contributed by atoms with Crippen molar-refractivity contribution in [1.29, 1.82) is 0 Å². The van der Waals surface area contributed by atoms with Crippen LogP contribution in [0.1, 0.15) is 26.7 Å². The molecule has 1 unspecified atom stereocenters. The molecule has 0 bridgehead atoms. The maximum Gasteiger partial charge on any atom is 0.323 e. The van der Waals surface area contributed by atoms with Crippen molar-refractivity contribution in [2.75, 3.05) is 13.2 Å². The van der Waals surface area contributed by atoms with Gasteiger partial charge in [-0.1, -0.05) is 18.2 Å². The summed E-state index contributed by atoms with van der Waals surface area (Å²) in [5.41, 5.74) is -1.39. The Kier molecular flexibility index (Phi) is 5.48. The summed E-state index contributed by atoms with van der Waals surface area (Å²) in [4.78, 5) is 35.4. The molecule has 0 aromatic carbocycles. The average molecular weight is 266 g/mol. The number of carbonyl (C=O) groups excluding carboxylic acids is 3. The summed E-state index contributed by atoms with van der Waals surface area (Å²) in [6.45, 7) is 3.83. The lowest BCUT2D eigenvalue weighted by molar-refractivity contribution is -0.156. The van der Waals surface area contributed by atoms with Gasteiger partial charge in [0.1, 0.15) is 5.41 Å². The van der Waals surface area contributed by atoms with Gasteiger partial charge in [0.25, 0.3) is 0 Å². The highest BCUT2D eigenvalue weighted by Crippen LogP contribution is 2.32. The van der Waals surface area contributed by atoms with Crippen molar-refractivity contribution >= 4 is 17.7 Å². The highest BCUT2D eigenvalue weighted by atomic mass is 16.5. The first kappa shape index (κ1) is 15.1. The first-order valence-corrected chi connectivity index (χ1v) is 6.30. The second kappa shape index (κ2) is 6.87. The molecule has 0 N–H and O–H groups in total. The monoisotopic (exact) mass is 266 g/mol. The Morgan fingerprint density at radius 3 is 2.42 bits per heavy atom. The minimum atomic E-state index is -1.39. The number of esters is 2. The van der Waals surface area contributed by atoms with Crippen LogP contribution in [0.2, 0.25) is 0 Å². The third-order valence-corrected chi connectivity index (χ3v) is 2.85. The van der Waals surface area contributed by atoms with Crippen molar-refractivity contribution in [3.8, 4) is 0 Å². The summed E-state index contributed by atoms with van der Waals surface area (Å²) in [6, 6.07) is 0. The minimum absolute atomic E-state index is 0.00340. The van der Waals surface area contributed by atoms with Gasteiger partial charge in [0.15, 0.2) is 5.78 Å². The molecule has 5 heteroatoms. The van der Waals surface area contributed by atoms with E-state index in [-0.39, 0.29) is 31.8 Å². The van der Waals surface area contributed by atoms with Gasteiger partial charge in [-0.25, -0.2) is 0 Å². The van der Waals surface area contributed by atoms with E-state index in [1.807, 2.05) is 0 Å². The standard InChI is InChI=1S/C14H18O5/c1-3-18-12(16)8-10-14(13(17)19-4-2)9-6-5-7-11(14)15/h5-7,9H,3-4,8,10H2,1-2H3. The molecular weight excluding hydrogens is 248 g/mol. The van der Waals surface area contributed by atoms with Crippen LogP contribution < -0.4 is 0 Å². The van der Waals surface area contributed by atoms with E-state index in [0.717, 1.165) is 0 Å². The van der Waals surface area contributed by atoms with Crippen LogP contribution in [0.15, 0.2) is 24.3 Å². The fraction of sp³-hybridized carbons (Fsp3) is 0.500. The number of hydrogen-bond donors (Lipinski definition) is 0. The van der Waals surface area contributed by atoms with Crippen LogP contribution >= 0.6 is 0 Å². The van der Waals surface area contributed by atoms with E-state index < -0.39 is 17.4 Å². The molecule has 0 aromatic rings. The molecule has 1 aliphatic carbocycles. The maximum atomic E-state index is 12.0. The fourth-order valence-electron chi connectivity index (χ4n) is 1.86. The van der Waals surface area contributed by atoms with E-state index in [1.165, 1.54) is 12.2 Å². The topological polar surface area (TPSA) is 69.7 Å². The van der Waals surface area contributed by atoms with E-state index in [0.29, 0.717) is 0 Å². The van der Waals surface area contributed by atoms with Crippen molar-refractivity contribution in [3.63, 3.8) is 0 Å². The molecule has 0 fully saturated rings. The molecule has 0 aromatic heterocycles. The molecule has 1 rings (SSSR count). The van der Waals surface area contributed by atoms with Crippen LogP contribution in [0.3, 0.4) is 0 Å². The summed E-state index contributed by atoms with van der Waals surface area (Å²) >= 11 is 0. The van der Waals surface area contributed by atoms with Crippen molar-refractivity contribution in [2.24, 2.45) is 5.41 Å². The average Bonchev–Trinajstić information content (AvgIpc) is 2.38. The van der Waals surface area contributed by atoms with Crippen molar-refractivity contribution < 1.29 is 23.9 Å². The Hall–Kier alpha value is -1.91. The molecule has 0 radical (unpaired) electrons. The van der Waals surface area contributed by atoms with Gasteiger partial charge in [0.05, 0.1) is 13.2 Å². The minimum Gasteiger partial charge on any atom is -0.466 e. The van der Waals surface area contributed by atoms with Crippen LogP contribution in [0, 0.1) is 5.41 Å². The van der Waals surface area contributed by atoms with Gasteiger partial charge in [-0.05, 0) is 26.3 Å². The van der Waals surface area contributed by atoms with Crippen molar-refractivity contribution in [1.82, 2.24) is 0 Å². The maximum absolute atomic E-state index is 12.0. The van der Waals surface area contributed by atoms with Crippen LogP contribution in [0.4, 0.5) is 0 Å². The summed E-state index contributed by atoms with van der Waals surface area (Å²) in [6.07, 6.45) is 6.04. The van der Waals surface area contributed by atoms with E-state index in [1.54, 1.807) is 26.0 Å². The lowest BCUT2D eigenvalue weighted by atomic mass is 9.76. The van der Waals surface area contributed by atoms with Gasteiger partial charge in [-0.3, -0.25) is 14.4 Å². The highest BCUT2D eigenvalue weighted by molar-refractivity contribution is 6.12. The molecule has 0 saturated carbocycles. The smallest absolute Gasteiger partial charge is 0.323 e. The van der Waals surface area contributed by atoms with E-state index in [9.17, 15) is 14.4 Å². The van der Waals surface area contributed by atoms with Crippen LogP contribution in [0.5, 0.6) is 0 Å². The Bertz CT molecular complexity index is 422. The predicted molar refractivity (Wildman–Crippen MR) is 68.2 cm³/mol. The zero-order chi connectivity index (χ0) is 14.3. The first-order valence-electron chi connectivity index (χ1n) is 6.30. The van der Waals surface area contributed by atoms with Crippen LogP contribution in [-0.4, -0.2) is 30.9 Å². The van der Waals surface area contributed by atoms with E-state index in [4.69, 9.17) is 9.47 Å². The second-order valence-electron chi connectivity index (χ2n) is 4.08. The zero-order valence-corrected chi connectivity index (χ0v) is 11.2. The molecule has 0 saturated heterocycles. The van der Waals surface area contributed by atoms with Crippen molar-refractivity contribution in [3.05, 3.63) is 24.3 Å². The zero-order valence-electron chi connectivity index (χ0n) is 11.2. The molecule has 0 amide bonds. The first-order chi connectivity index (χ1) is 9.06. The molecule has 5 nitrogen and oxygen atoms in total.